The first-order valence-electron chi connectivity index (χ1n) is 12.4. The van der Waals surface area contributed by atoms with Gasteiger partial charge in [0, 0.05) is 30.5 Å². The summed E-state index contributed by atoms with van der Waals surface area (Å²) in [7, 11) is 0. The molecule has 0 radical (unpaired) electrons. The monoisotopic (exact) mass is 468 g/mol. The number of nitrogens with zero attached hydrogens (tertiary/aromatic N) is 2. The van der Waals surface area contributed by atoms with Gasteiger partial charge in [-0.15, -0.1) is 0 Å². The largest absolute Gasteiger partial charge is 0.345 e. The number of carbonyl (C=O) groups is 1. The van der Waals surface area contributed by atoms with E-state index in [1.165, 1.54) is 37.0 Å². The van der Waals surface area contributed by atoms with Crippen molar-refractivity contribution < 1.29 is 9.18 Å². The van der Waals surface area contributed by atoms with E-state index in [4.69, 9.17) is 0 Å². The number of aromatic nitrogens is 1. The highest BCUT2D eigenvalue weighted by Crippen LogP contribution is 2.18. The van der Waals surface area contributed by atoms with Gasteiger partial charge in [0.05, 0.1) is 6.54 Å². The Labute approximate surface area is 207 Å². The van der Waals surface area contributed by atoms with Crippen LogP contribution >= 0.6 is 0 Å². The molecule has 0 N–H and O–H groups in total. The van der Waals surface area contributed by atoms with E-state index in [0.29, 0.717) is 25.2 Å². The standard InChI is InChI=1S/C31H33FN2O/c1-2-3-5-9-25-13-17-28(18-14-25)31(35)34(23-26-10-6-4-7-11-26)24-30-12-8-21-33(30)22-27-15-19-29(32)20-16-27/h4,6-8,10-21H,2-3,5,9,22-24H2,1H3. The lowest BCUT2D eigenvalue weighted by Crippen LogP contribution is -2.31. The van der Waals surface area contributed by atoms with Crippen LogP contribution in [0, 0.1) is 5.82 Å². The van der Waals surface area contributed by atoms with Gasteiger partial charge in [0.25, 0.3) is 5.91 Å². The van der Waals surface area contributed by atoms with E-state index in [1.54, 1.807) is 12.1 Å². The molecule has 0 fully saturated rings. The number of hydrogen-bond acceptors (Lipinski definition) is 1. The topological polar surface area (TPSA) is 25.2 Å². The highest BCUT2D eigenvalue weighted by Gasteiger charge is 2.18. The van der Waals surface area contributed by atoms with Gasteiger partial charge in [0.2, 0.25) is 0 Å². The van der Waals surface area contributed by atoms with E-state index in [-0.39, 0.29) is 11.7 Å². The Balaban J connectivity index is 1.53. The van der Waals surface area contributed by atoms with E-state index >= 15 is 0 Å². The molecule has 1 heterocycles. The number of halogens is 1. The van der Waals surface area contributed by atoms with E-state index in [0.717, 1.165) is 23.2 Å². The van der Waals surface area contributed by atoms with Crippen molar-refractivity contribution in [3.63, 3.8) is 0 Å². The molecule has 4 aromatic rings. The molecule has 0 aliphatic carbocycles. The molecular weight excluding hydrogens is 435 g/mol. The van der Waals surface area contributed by atoms with E-state index < -0.39 is 0 Å². The van der Waals surface area contributed by atoms with Crippen molar-refractivity contribution in [3.05, 3.63) is 131 Å². The van der Waals surface area contributed by atoms with E-state index in [2.05, 4.69) is 35.8 Å². The molecule has 1 amide bonds. The Morgan fingerprint density at radius 1 is 0.771 bits per heavy atom. The lowest BCUT2D eigenvalue weighted by Gasteiger charge is -2.24. The average molecular weight is 469 g/mol. The van der Waals surface area contributed by atoms with Crippen molar-refractivity contribution in [1.29, 1.82) is 0 Å². The number of aryl methyl sites for hydroxylation is 1. The quantitative estimate of drug-likeness (QED) is 0.213. The van der Waals surface area contributed by atoms with Crippen LogP contribution in [0.1, 0.15) is 58.9 Å². The predicted molar refractivity (Wildman–Crippen MR) is 140 cm³/mol. The summed E-state index contributed by atoms with van der Waals surface area (Å²) in [6.45, 7) is 3.85. The Kier molecular flexibility index (Phi) is 8.50. The normalized spacial score (nSPS) is 10.9. The zero-order valence-electron chi connectivity index (χ0n) is 20.4. The Bertz CT molecular complexity index is 1200. The molecule has 0 saturated heterocycles. The van der Waals surface area contributed by atoms with Gasteiger partial charge in [0.15, 0.2) is 0 Å². The highest BCUT2D eigenvalue weighted by molar-refractivity contribution is 5.94. The van der Waals surface area contributed by atoms with Gasteiger partial charge < -0.3 is 9.47 Å². The fourth-order valence-corrected chi connectivity index (χ4v) is 4.31. The van der Waals surface area contributed by atoms with Crippen molar-refractivity contribution in [1.82, 2.24) is 9.47 Å². The lowest BCUT2D eigenvalue weighted by molar-refractivity contribution is 0.0726. The lowest BCUT2D eigenvalue weighted by atomic mass is 10.0. The molecule has 0 spiro atoms. The highest BCUT2D eigenvalue weighted by atomic mass is 19.1. The van der Waals surface area contributed by atoms with Gasteiger partial charge in [-0.25, -0.2) is 4.39 Å². The summed E-state index contributed by atoms with van der Waals surface area (Å²) in [5.41, 5.74) is 5.13. The van der Waals surface area contributed by atoms with Crippen molar-refractivity contribution in [2.75, 3.05) is 0 Å². The van der Waals surface area contributed by atoms with Crippen molar-refractivity contribution in [3.8, 4) is 0 Å². The van der Waals surface area contributed by atoms with Crippen LogP contribution in [0.25, 0.3) is 0 Å². The molecule has 4 rings (SSSR count). The maximum atomic E-state index is 13.6. The van der Waals surface area contributed by atoms with Crippen LogP contribution in [0.15, 0.2) is 97.2 Å². The minimum absolute atomic E-state index is 0.0171. The van der Waals surface area contributed by atoms with Crippen LogP contribution in [0.3, 0.4) is 0 Å². The second-order valence-electron chi connectivity index (χ2n) is 9.05. The third-order valence-corrected chi connectivity index (χ3v) is 6.32. The first-order chi connectivity index (χ1) is 17.1. The van der Waals surface area contributed by atoms with Crippen LogP contribution in [-0.4, -0.2) is 15.4 Å². The molecule has 0 aliphatic heterocycles. The first kappa shape index (κ1) is 24.5. The van der Waals surface area contributed by atoms with E-state index in [9.17, 15) is 9.18 Å². The van der Waals surface area contributed by atoms with Gasteiger partial charge >= 0.3 is 0 Å². The molecule has 1 aromatic heterocycles. The van der Waals surface area contributed by atoms with Crippen molar-refractivity contribution in [2.45, 2.75) is 52.2 Å². The third-order valence-electron chi connectivity index (χ3n) is 6.32. The fourth-order valence-electron chi connectivity index (χ4n) is 4.31. The van der Waals surface area contributed by atoms with Crippen molar-refractivity contribution >= 4 is 5.91 Å². The van der Waals surface area contributed by atoms with Gasteiger partial charge in [-0.2, -0.15) is 0 Å². The minimum atomic E-state index is -0.238. The minimum Gasteiger partial charge on any atom is -0.345 e. The fraction of sp³-hybridized carbons (Fsp3) is 0.258. The maximum Gasteiger partial charge on any atom is 0.254 e. The Morgan fingerprint density at radius 3 is 2.20 bits per heavy atom. The number of unbranched alkanes of at least 4 members (excludes halogenated alkanes) is 2. The zero-order valence-corrected chi connectivity index (χ0v) is 20.4. The van der Waals surface area contributed by atoms with Gasteiger partial charge in [-0.1, -0.05) is 74.4 Å². The summed E-state index contributed by atoms with van der Waals surface area (Å²) >= 11 is 0. The molecule has 0 bridgehead atoms. The molecule has 180 valence electrons. The Hall–Kier alpha value is -3.66. The predicted octanol–water partition coefficient (Wildman–Crippen LogP) is 7.25. The number of amides is 1. The number of benzene rings is 3. The molecular formula is C31H33FN2O. The van der Waals surface area contributed by atoms with E-state index in [1.807, 2.05) is 53.6 Å². The molecule has 0 aliphatic rings. The van der Waals surface area contributed by atoms with Gasteiger partial charge in [-0.3, -0.25) is 4.79 Å². The molecule has 0 saturated carbocycles. The average Bonchev–Trinajstić information content (AvgIpc) is 3.32. The first-order valence-corrected chi connectivity index (χ1v) is 12.4. The maximum absolute atomic E-state index is 13.6. The molecule has 3 nitrogen and oxygen atoms in total. The summed E-state index contributed by atoms with van der Waals surface area (Å²) in [5.74, 6) is -0.221. The molecule has 4 heteroatoms. The second-order valence-corrected chi connectivity index (χ2v) is 9.05. The summed E-state index contributed by atoms with van der Waals surface area (Å²) in [6, 6.07) is 28.8. The third kappa shape index (κ3) is 6.92. The SMILES string of the molecule is CCCCCc1ccc(C(=O)N(Cc2ccccc2)Cc2cccn2Cc2ccc(F)cc2)cc1. The van der Waals surface area contributed by atoms with Crippen LogP contribution in [-0.2, 0) is 26.1 Å². The van der Waals surface area contributed by atoms with Crippen LogP contribution in [0.5, 0.6) is 0 Å². The van der Waals surface area contributed by atoms with Gasteiger partial charge in [0.1, 0.15) is 5.82 Å². The number of hydrogen-bond donors (Lipinski definition) is 0. The molecule has 0 atom stereocenters. The van der Waals surface area contributed by atoms with Gasteiger partial charge in [-0.05, 0) is 65.9 Å². The van der Waals surface area contributed by atoms with Crippen LogP contribution in [0.4, 0.5) is 4.39 Å². The molecule has 3 aromatic carbocycles. The number of carbonyl (C=O) groups excluding carboxylic acids is 1. The second kappa shape index (κ2) is 12.2. The Morgan fingerprint density at radius 2 is 1.49 bits per heavy atom. The summed E-state index contributed by atoms with van der Waals surface area (Å²) in [6.07, 6.45) is 6.66. The smallest absolute Gasteiger partial charge is 0.254 e. The molecule has 0 unspecified atom stereocenters. The summed E-state index contributed by atoms with van der Waals surface area (Å²) in [5, 5.41) is 0. The summed E-state index contributed by atoms with van der Waals surface area (Å²) < 4.78 is 15.4. The number of rotatable bonds is 11. The van der Waals surface area contributed by atoms with Crippen LogP contribution in [0.2, 0.25) is 0 Å². The summed E-state index contributed by atoms with van der Waals surface area (Å²) in [4.78, 5) is 15.5. The molecule has 35 heavy (non-hydrogen) atoms. The van der Waals surface area contributed by atoms with Crippen LogP contribution < -0.4 is 0 Å². The van der Waals surface area contributed by atoms with Crippen molar-refractivity contribution in [2.24, 2.45) is 0 Å². The zero-order chi connectivity index (χ0) is 24.5.